The number of piperazine rings is 1. The first-order chi connectivity index (χ1) is 11.2. The molecule has 126 valence electrons. The van der Waals surface area contributed by atoms with Gasteiger partial charge < -0.3 is 15.4 Å². The third kappa shape index (κ3) is 4.69. The Morgan fingerprint density at radius 1 is 1.39 bits per heavy atom. The number of amides is 2. The molecule has 1 aromatic carbocycles. The molecule has 1 atom stereocenters. The van der Waals surface area contributed by atoms with Crippen LogP contribution in [0.2, 0.25) is 0 Å². The average Bonchev–Trinajstić information content (AvgIpc) is 2.53. The number of carbonyl (C=O) groups is 2. The molecular formula is C17H25N3O3. The number of hydrogen-bond acceptors (Lipinski definition) is 4. The molecule has 2 amide bonds. The molecule has 6 nitrogen and oxygen atoms in total. The van der Waals surface area contributed by atoms with E-state index in [1.54, 1.807) is 0 Å². The fraction of sp³-hybridized carbons (Fsp3) is 0.529. The third-order valence-corrected chi connectivity index (χ3v) is 3.84. The number of carbonyl (C=O) groups excluding carboxylic acids is 2. The van der Waals surface area contributed by atoms with Crippen molar-refractivity contribution in [2.75, 3.05) is 26.2 Å². The van der Waals surface area contributed by atoms with Crippen LogP contribution in [-0.2, 0) is 16.1 Å². The molecule has 0 spiro atoms. The lowest BCUT2D eigenvalue weighted by Gasteiger charge is -2.35. The van der Waals surface area contributed by atoms with E-state index in [2.05, 4.69) is 10.6 Å². The molecule has 1 aliphatic heterocycles. The van der Waals surface area contributed by atoms with Crippen molar-refractivity contribution in [3.05, 3.63) is 29.8 Å². The second-order valence-electron chi connectivity index (χ2n) is 5.48. The van der Waals surface area contributed by atoms with E-state index in [1.165, 1.54) is 0 Å². The fourth-order valence-corrected chi connectivity index (χ4v) is 2.77. The van der Waals surface area contributed by atoms with Crippen LogP contribution in [0.4, 0.5) is 0 Å². The quantitative estimate of drug-likeness (QED) is 0.784. The molecule has 2 N–H and O–H groups in total. The van der Waals surface area contributed by atoms with Gasteiger partial charge in [0, 0.05) is 31.7 Å². The summed E-state index contributed by atoms with van der Waals surface area (Å²) in [4.78, 5) is 26.1. The van der Waals surface area contributed by atoms with E-state index in [9.17, 15) is 9.59 Å². The molecule has 1 aromatic rings. The minimum Gasteiger partial charge on any atom is -0.494 e. The van der Waals surface area contributed by atoms with Crippen molar-refractivity contribution in [2.45, 2.75) is 32.9 Å². The molecule has 1 aliphatic rings. The average molecular weight is 319 g/mol. The molecule has 0 aliphatic carbocycles. The number of ether oxygens (including phenoxy) is 1. The van der Waals surface area contributed by atoms with Gasteiger partial charge in [-0.05, 0) is 19.9 Å². The lowest BCUT2D eigenvalue weighted by Crippen LogP contribution is -2.56. The van der Waals surface area contributed by atoms with Gasteiger partial charge in [0.1, 0.15) is 5.75 Å². The van der Waals surface area contributed by atoms with Crippen molar-refractivity contribution in [1.82, 2.24) is 15.5 Å². The maximum absolute atomic E-state index is 12.2. The molecule has 1 heterocycles. The van der Waals surface area contributed by atoms with Crippen LogP contribution in [0.5, 0.6) is 5.75 Å². The van der Waals surface area contributed by atoms with Crippen molar-refractivity contribution in [3.63, 3.8) is 0 Å². The molecule has 1 unspecified atom stereocenters. The maximum atomic E-state index is 12.2. The summed E-state index contributed by atoms with van der Waals surface area (Å²) >= 11 is 0. The minimum atomic E-state index is -0.440. The zero-order valence-electron chi connectivity index (χ0n) is 13.8. The summed E-state index contributed by atoms with van der Waals surface area (Å²) in [6, 6.07) is 7.39. The Balaban J connectivity index is 2.12. The summed E-state index contributed by atoms with van der Waals surface area (Å²) < 4.78 is 5.65. The van der Waals surface area contributed by atoms with Gasteiger partial charge in [-0.1, -0.05) is 18.2 Å². The highest BCUT2D eigenvalue weighted by atomic mass is 16.5. The van der Waals surface area contributed by atoms with Crippen LogP contribution in [0.3, 0.4) is 0 Å². The van der Waals surface area contributed by atoms with Gasteiger partial charge in [-0.15, -0.1) is 0 Å². The largest absolute Gasteiger partial charge is 0.494 e. The number of hydrogen-bond donors (Lipinski definition) is 2. The van der Waals surface area contributed by atoms with Crippen molar-refractivity contribution >= 4 is 11.8 Å². The van der Waals surface area contributed by atoms with E-state index < -0.39 is 6.04 Å². The molecule has 0 bridgehead atoms. The normalized spacial score (nSPS) is 18.3. The Bertz CT molecular complexity index is 548. The Morgan fingerprint density at radius 2 is 2.17 bits per heavy atom. The number of nitrogens with one attached hydrogen (secondary N) is 2. The van der Waals surface area contributed by atoms with Crippen LogP contribution in [0.1, 0.15) is 25.8 Å². The summed E-state index contributed by atoms with van der Waals surface area (Å²) in [6.07, 6.45) is 0.177. The Labute approximate surface area is 137 Å². The smallest absolute Gasteiger partial charge is 0.237 e. The van der Waals surface area contributed by atoms with Gasteiger partial charge in [0.25, 0.3) is 0 Å². The topological polar surface area (TPSA) is 70.7 Å². The molecule has 23 heavy (non-hydrogen) atoms. The first-order valence-electron chi connectivity index (χ1n) is 8.14. The van der Waals surface area contributed by atoms with Crippen LogP contribution >= 0.6 is 0 Å². The zero-order valence-corrected chi connectivity index (χ0v) is 13.8. The number of para-hydroxylation sites is 1. The number of nitrogens with zero attached hydrogens (tertiary/aromatic N) is 1. The predicted octanol–water partition coefficient (Wildman–Crippen LogP) is 0.912. The fourth-order valence-electron chi connectivity index (χ4n) is 2.77. The molecular weight excluding hydrogens is 294 g/mol. The molecule has 1 saturated heterocycles. The third-order valence-electron chi connectivity index (χ3n) is 3.84. The van der Waals surface area contributed by atoms with E-state index in [0.717, 1.165) is 17.9 Å². The second kappa shape index (κ2) is 8.53. The lowest BCUT2D eigenvalue weighted by molar-refractivity contribution is -0.134. The van der Waals surface area contributed by atoms with Gasteiger partial charge in [0.2, 0.25) is 11.8 Å². The first-order valence-corrected chi connectivity index (χ1v) is 8.14. The summed E-state index contributed by atoms with van der Waals surface area (Å²) in [5.41, 5.74) is 1.03. The van der Waals surface area contributed by atoms with E-state index >= 15 is 0 Å². The number of rotatable bonds is 7. The standard InChI is InChI=1S/C17H25N3O3/c1-3-18-16(21)11-14-17(22)19-9-10-20(14)12-13-7-5-6-8-15(13)23-4-2/h5-8,14H,3-4,9-12H2,1-2H3,(H,18,21)(H,19,22). The zero-order chi connectivity index (χ0) is 16.7. The molecule has 0 saturated carbocycles. The molecule has 1 fully saturated rings. The minimum absolute atomic E-state index is 0.0867. The predicted molar refractivity (Wildman–Crippen MR) is 88.1 cm³/mol. The van der Waals surface area contributed by atoms with Crippen molar-refractivity contribution in [3.8, 4) is 5.75 Å². The molecule has 6 heteroatoms. The van der Waals surface area contributed by atoms with Gasteiger partial charge in [-0.3, -0.25) is 14.5 Å². The summed E-state index contributed by atoms with van der Waals surface area (Å²) in [5, 5.41) is 5.60. The van der Waals surface area contributed by atoms with Crippen molar-refractivity contribution in [2.24, 2.45) is 0 Å². The Kier molecular flexibility index (Phi) is 6.40. The highest BCUT2D eigenvalue weighted by Crippen LogP contribution is 2.22. The van der Waals surface area contributed by atoms with Crippen molar-refractivity contribution < 1.29 is 14.3 Å². The molecule has 0 aromatic heterocycles. The highest BCUT2D eigenvalue weighted by molar-refractivity contribution is 5.88. The van der Waals surface area contributed by atoms with E-state index in [-0.39, 0.29) is 18.2 Å². The number of benzene rings is 1. The van der Waals surface area contributed by atoms with E-state index in [0.29, 0.717) is 26.2 Å². The van der Waals surface area contributed by atoms with Crippen LogP contribution < -0.4 is 15.4 Å². The van der Waals surface area contributed by atoms with Gasteiger partial charge in [0.05, 0.1) is 19.1 Å². The van der Waals surface area contributed by atoms with Crippen LogP contribution in [-0.4, -0.2) is 49.0 Å². The van der Waals surface area contributed by atoms with Gasteiger partial charge in [-0.2, -0.15) is 0 Å². The Morgan fingerprint density at radius 3 is 2.91 bits per heavy atom. The van der Waals surface area contributed by atoms with E-state index in [4.69, 9.17) is 4.74 Å². The van der Waals surface area contributed by atoms with Crippen LogP contribution in [0.15, 0.2) is 24.3 Å². The van der Waals surface area contributed by atoms with Gasteiger partial charge in [0.15, 0.2) is 0 Å². The highest BCUT2D eigenvalue weighted by Gasteiger charge is 2.31. The molecule has 0 radical (unpaired) electrons. The first kappa shape index (κ1) is 17.3. The van der Waals surface area contributed by atoms with Gasteiger partial charge >= 0.3 is 0 Å². The van der Waals surface area contributed by atoms with Crippen molar-refractivity contribution in [1.29, 1.82) is 0 Å². The Hall–Kier alpha value is -2.08. The lowest BCUT2D eigenvalue weighted by atomic mass is 10.1. The van der Waals surface area contributed by atoms with Crippen LogP contribution in [0.25, 0.3) is 0 Å². The molecule has 2 rings (SSSR count). The summed E-state index contributed by atoms with van der Waals surface area (Å²) in [5.74, 6) is 0.645. The van der Waals surface area contributed by atoms with Gasteiger partial charge in [-0.25, -0.2) is 0 Å². The maximum Gasteiger partial charge on any atom is 0.237 e. The van der Waals surface area contributed by atoms with E-state index in [1.807, 2.05) is 43.0 Å². The summed E-state index contributed by atoms with van der Waals surface area (Å²) in [6.45, 7) is 6.89. The second-order valence-corrected chi connectivity index (χ2v) is 5.48. The van der Waals surface area contributed by atoms with Crippen LogP contribution in [0, 0.1) is 0 Å². The monoisotopic (exact) mass is 319 g/mol. The summed E-state index contributed by atoms with van der Waals surface area (Å²) in [7, 11) is 0. The SMILES string of the molecule is CCNC(=O)CC1C(=O)NCCN1Cc1ccccc1OCC.